The van der Waals surface area contributed by atoms with Gasteiger partial charge >= 0.3 is 5.91 Å². The van der Waals surface area contributed by atoms with Crippen LogP contribution in [0.3, 0.4) is 0 Å². The van der Waals surface area contributed by atoms with Gasteiger partial charge in [-0.25, -0.2) is 4.90 Å². The van der Waals surface area contributed by atoms with Crippen LogP contribution in [-0.2, 0) is 6.42 Å². The van der Waals surface area contributed by atoms with Gasteiger partial charge in [0.2, 0.25) is 0 Å². The van der Waals surface area contributed by atoms with Crippen molar-refractivity contribution in [3.8, 4) is 6.07 Å². The smallest absolute Gasteiger partial charge is 0.301 e. The van der Waals surface area contributed by atoms with E-state index in [1.165, 1.54) is 59.2 Å². The zero-order chi connectivity index (χ0) is 45.1. The number of amides is 2. The highest BCUT2D eigenvalue weighted by Gasteiger charge is 2.30. The molecule has 1 aliphatic heterocycles. The summed E-state index contributed by atoms with van der Waals surface area (Å²) >= 11 is 0. The molecule has 18 nitrogen and oxygen atoms in total. The average Bonchev–Trinajstić information content (AvgIpc) is 3.92. The molecule has 7 aromatic rings. The molecule has 64 heavy (non-hydrogen) atoms. The molecular formula is C46H36N8O10. The number of carbonyl (C=O) groups is 3. The van der Waals surface area contributed by atoms with Crippen molar-refractivity contribution in [3.05, 3.63) is 180 Å². The van der Waals surface area contributed by atoms with Crippen LogP contribution in [0.2, 0.25) is 0 Å². The van der Waals surface area contributed by atoms with E-state index < -0.39 is 26.6 Å². The van der Waals surface area contributed by atoms with Crippen molar-refractivity contribution in [3.63, 3.8) is 0 Å². The maximum Gasteiger partial charge on any atom is 0.301 e. The number of hydrogen-bond donors (Lipinski definition) is 0. The van der Waals surface area contributed by atoms with Crippen LogP contribution < -0.4 is 9.80 Å². The lowest BCUT2D eigenvalue weighted by atomic mass is 10.0. The first-order chi connectivity index (χ1) is 30.9. The van der Waals surface area contributed by atoms with Crippen molar-refractivity contribution in [2.45, 2.75) is 19.3 Å². The van der Waals surface area contributed by atoms with Crippen molar-refractivity contribution >= 4 is 68.0 Å². The van der Waals surface area contributed by atoms with E-state index in [1.807, 2.05) is 12.1 Å². The van der Waals surface area contributed by atoms with Crippen molar-refractivity contribution in [1.82, 2.24) is 9.47 Å². The van der Waals surface area contributed by atoms with Crippen LogP contribution in [0.1, 0.15) is 55.2 Å². The molecule has 18 heteroatoms. The second-order valence-electron chi connectivity index (χ2n) is 15.1. The summed E-state index contributed by atoms with van der Waals surface area (Å²) in [7, 11) is 0. The zero-order valence-electron chi connectivity index (χ0n) is 33.9. The van der Waals surface area contributed by atoms with E-state index in [4.69, 9.17) is 4.42 Å². The molecule has 8 rings (SSSR count). The van der Waals surface area contributed by atoms with Gasteiger partial charge in [0.05, 0.1) is 37.6 Å². The van der Waals surface area contributed by atoms with Crippen LogP contribution in [-0.4, -0.2) is 74.7 Å². The fraction of sp³-hybridized carbons (Fsp3) is 0.174. The predicted octanol–water partition coefficient (Wildman–Crippen LogP) is 8.30. The number of nitriles is 1. The summed E-state index contributed by atoms with van der Waals surface area (Å²) < 4.78 is 7.47. The highest BCUT2D eigenvalue weighted by Crippen LogP contribution is 2.31. The largest absolute Gasteiger partial charge is 0.451 e. The van der Waals surface area contributed by atoms with Gasteiger partial charge in [-0.15, -0.1) is 0 Å². The van der Waals surface area contributed by atoms with Crippen molar-refractivity contribution < 1.29 is 33.6 Å². The highest BCUT2D eigenvalue weighted by molar-refractivity contribution is 6.25. The number of furan rings is 1. The molecule has 1 saturated heterocycles. The van der Waals surface area contributed by atoms with E-state index in [-0.39, 0.29) is 40.0 Å². The van der Waals surface area contributed by atoms with Gasteiger partial charge < -0.3 is 9.32 Å². The minimum atomic E-state index is -0.836. The van der Waals surface area contributed by atoms with E-state index in [2.05, 4.69) is 15.9 Å². The minimum absolute atomic E-state index is 0.0234. The van der Waals surface area contributed by atoms with Crippen molar-refractivity contribution in [1.29, 1.82) is 5.26 Å². The number of piperazine rings is 1. The van der Waals surface area contributed by atoms with Crippen LogP contribution in [0.5, 0.6) is 0 Å². The Hall–Kier alpha value is -8.56. The molecule has 0 unspecified atom stereocenters. The van der Waals surface area contributed by atoms with Crippen LogP contribution >= 0.6 is 0 Å². The van der Waals surface area contributed by atoms with Crippen LogP contribution in [0.15, 0.2) is 126 Å². The van der Waals surface area contributed by atoms with E-state index in [1.54, 1.807) is 30.5 Å². The van der Waals surface area contributed by atoms with Gasteiger partial charge in [0.25, 0.3) is 28.9 Å². The first-order valence-corrected chi connectivity index (χ1v) is 20.1. The number of nitro benzene ring substituents is 3. The number of imide groups is 1. The van der Waals surface area contributed by atoms with Gasteiger partial charge in [-0.2, -0.15) is 5.26 Å². The lowest BCUT2D eigenvalue weighted by Crippen LogP contribution is -2.46. The Bertz CT molecular complexity index is 3020. The normalized spacial score (nSPS) is 12.8. The molecule has 2 aromatic heterocycles. The minimum Gasteiger partial charge on any atom is -0.451 e. The molecule has 5 aromatic carbocycles. The molecule has 0 aliphatic carbocycles. The highest BCUT2D eigenvalue weighted by atomic mass is 16.6. The molecule has 3 heterocycles. The topological polar surface area (TPSA) is 232 Å². The molecule has 0 saturated carbocycles. The van der Waals surface area contributed by atoms with Gasteiger partial charge in [-0.05, 0) is 110 Å². The Morgan fingerprint density at radius 3 is 1.91 bits per heavy atom. The Morgan fingerprint density at radius 1 is 0.688 bits per heavy atom. The lowest BCUT2D eigenvalue weighted by molar-refractivity contribution is -0.385. The van der Waals surface area contributed by atoms with Gasteiger partial charge in [0, 0.05) is 96.4 Å². The summed E-state index contributed by atoms with van der Waals surface area (Å²) in [5, 5.41) is 44.6. The van der Waals surface area contributed by atoms with E-state index in [9.17, 15) is 50.0 Å². The number of nitro groups is 3. The van der Waals surface area contributed by atoms with E-state index in [0.717, 1.165) is 91.4 Å². The summed E-state index contributed by atoms with van der Waals surface area (Å²) in [6.45, 7) is 3.94. The Kier molecular flexibility index (Phi) is 11.7. The van der Waals surface area contributed by atoms with Gasteiger partial charge in [-0.1, -0.05) is 0 Å². The molecule has 1 fully saturated rings. The van der Waals surface area contributed by atoms with Crippen molar-refractivity contribution in [2.24, 2.45) is 0 Å². The molecule has 320 valence electrons. The summed E-state index contributed by atoms with van der Waals surface area (Å²) in [4.78, 5) is 78.6. The number of benzene rings is 5. The second kappa shape index (κ2) is 17.8. The van der Waals surface area contributed by atoms with Crippen molar-refractivity contribution in [2.75, 3.05) is 42.5 Å². The fourth-order valence-corrected chi connectivity index (χ4v) is 7.83. The Labute approximate surface area is 363 Å². The van der Waals surface area contributed by atoms with Gasteiger partial charge in [-0.3, -0.25) is 54.2 Å². The number of anilines is 2. The molecule has 0 spiro atoms. The number of aryl methyl sites for hydroxylation is 1. The third-order valence-corrected chi connectivity index (χ3v) is 11.2. The van der Waals surface area contributed by atoms with Crippen LogP contribution in [0.25, 0.3) is 21.9 Å². The molecule has 1 aliphatic rings. The van der Waals surface area contributed by atoms with Gasteiger partial charge in [0.1, 0.15) is 5.58 Å². The maximum absolute atomic E-state index is 14.0. The van der Waals surface area contributed by atoms with Gasteiger partial charge in [0.15, 0.2) is 5.76 Å². The summed E-state index contributed by atoms with van der Waals surface area (Å²) in [6, 6.07) is 29.5. The average molecular weight is 861 g/mol. The quantitative estimate of drug-likeness (QED) is 0.0460. The molecule has 0 atom stereocenters. The molecular weight excluding hydrogens is 825 g/mol. The molecule has 0 radical (unpaired) electrons. The second-order valence-corrected chi connectivity index (χ2v) is 15.1. The monoisotopic (exact) mass is 860 g/mol. The fourth-order valence-electron chi connectivity index (χ4n) is 7.83. The maximum atomic E-state index is 14.0. The first-order valence-electron chi connectivity index (χ1n) is 20.1. The molecule has 0 N–H and O–H groups in total. The number of non-ortho nitro benzene ring substituents is 3. The summed E-state index contributed by atoms with van der Waals surface area (Å²) in [5.41, 5.74) is 3.11. The zero-order valence-corrected chi connectivity index (χ0v) is 33.9. The summed E-state index contributed by atoms with van der Waals surface area (Å²) in [6.07, 6.45) is 4.20. The Morgan fingerprint density at radius 2 is 1.30 bits per heavy atom. The number of fused-ring (bicyclic) bond motifs is 2. The molecule has 2 amide bonds. The van der Waals surface area contributed by atoms with E-state index in [0.29, 0.717) is 34.0 Å². The standard InChI is InChI=1S/C46H36N8O10/c47-28-30-4-18-41-40(25-30)33(29-50(41)44(55)31-5-9-36(10-6-31)52(58)59)3-1-2-20-48-21-23-49(24-22-48)39-17-19-42-34(26-39)27-43(64-42)46(57)51(35-13-15-38(16-14-35)54(62)63)45(56)32-7-11-37(12-8-32)53(60)61/h4-19,25-27,29H,1-3,20-24H2. The number of aromatic nitrogens is 1. The molecule has 0 bridgehead atoms. The number of carbonyl (C=O) groups excluding carboxylic acids is 3. The number of hydrogen-bond acceptors (Lipinski definition) is 13. The van der Waals surface area contributed by atoms with Crippen LogP contribution in [0, 0.1) is 41.7 Å². The SMILES string of the molecule is N#Cc1ccc2c(c1)c(CCCCN1CCN(c3ccc4oc(C(=O)N(C(=O)c5ccc([N+](=O)[O-])cc5)c5ccc([N+](=O)[O-])cc5)cc4c3)CC1)cn2C(=O)c1ccc([N+](=O)[O-])cc1. The number of rotatable bonds is 13. The number of nitrogens with zero attached hydrogens (tertiary/aromatic N) is 8. The Balaban J connectivity index is 0.904. The third kappa shape index (κ3) is 8.64. The third-order valence-electron chi connectivity index (χ3n) is 11.2. The lowest BCUT2D eigenvalue weighted by Gasteiger charge is -2.36. The first kappa shape index (κ1) is 42.1. The number of unbranched alkanes of at least 4 members (excludes halogenated alkanes) is 1. The van der Waals surface area contributed by atoms with Crippen LogP contribution in [0.4, 0.5) is 28.4 Å². The summed E-state index contributed by atoms with van der Waals surface area (Å²) in [5.74, 6) is -2.13. The predicted molar refractivity (Wildman–Crippen MR) is 235 cm³/mol. The van der Waals surface area contributed by atoms with E-state index >= 15 is 0 Å².